The number of hydrogen-bond acceptors (Lipinski definition) is 4. The molecule has 0 unspecified atom stereocenters. The van der Waals surface area contributed by atoms with Crippen LogP contribution in [-0.4, -0.2) is 8.42 Å². The first-order valence-corrected chi connectivity index (χ1v) is 7.55. The first-order chi connectivity index (χ1) is 9.96. The molecule has 7 heteroatoms. The van der Waals surface area contributed by atoms with E-state index in [0.717, 1.165) is 0 Å². The van der Waals surface area contributed by atoms with Crippen LogP contribution in [-0.2, 0) is 10.0 Å². The number of sulfonamides is 1. The predicted octanol–water partition coefficient (Wildman–Crippen LogP) is 2.88. The van der Waals surface area contributed by atoms with E-state index in [-0.39, 0.29) is 15.6 Å². The van der Waals surface area contributed by atoms with E-state index in [1.54, 1.807) is 0 Å². The molecule has 0 heterocycles. The van der Waals surface area contributed by atoms with E-state index >= 15 is 0 Å². The van der Waals surface area contributed by atoms with Gasteiger partial charge in [0, 0.05) is 0 Å². The Balaban J connectivity index is 2.33. The SMILES string of the molecule is N#Cc1ccc(S(=O)(=O)Nc2ccc(C#N)cc2Cl)cc1. The summed E-state index contributed by atoms with van der Waals surface area (Å²) in [5.41, 5.74) is 0.881. The Kier molecular flexibility index (Phi) is 4.13. The maximum absolute atomic E-state index is 12.2. The Morgan fingerprint density at radius 1 is 0.952 bits per heavy atom. The molecule has 104 valence electrons. The summed E-state index contributed by atoms with van der Waals surface area (Å²) < 4.78 is 26.7. The van der Waals surface area contributed by atoms with E-state index in [1.807, 2.05) is 12.1 Å². The second-order valence-electron chi connectivity index (χ2n) is 4.05. The summed E-state index contributed by atoms with van der Waals surface area (Å²) in [6.45, 7) is 0. The van der Waals surface area contributed by atoms with Gasteiger partial charge in [-0.25, -0.2) is 8.42 Å². The molecule has 0 radical (unpaired) electrons. The Morgan fingerprint density at radius 2 is 1.52 bits per heavy atom. The first kappa shape index (κ1) is 14.9. The summed E-state index contributed by atoms with van der Waals surface area (Å²) in [4.78, 5) is 0.0157. The number of nitrogens with one attached hydrogen (secondary N) is 1. The van der Waals surface area contributed by atoms with Gasteiger partial charge in [0.1, 0.15) is 0 Å². The van der Waals surface area contributed by atoms with Gasteiger partial charge in [-0.2, -0.15) is 10.5 Å². The molecule has 0 saturated heterocycles. The van der Waals surface area contributed by atoms with E-state index in [1.165, 1.54) is 42.5 Å². The molecule has 0 bridgehead atoms. The standard InChI is InChI=1S/C14H8ClN3O2S/c15-13-7-11(9-17)3-6-14(13)18-21(19,20)12-4-1-10(8-16)2-5-12/h1-7,18H. The van der Waals surface area contributed by atoms with Gasteiger partial charge in [-0.3, -0.25) is 4.72 Å². The molecule has 0 amide bonds. The maximum Gasteiger partial charge on any atom is 0.261 e. The molecule has 0 spiro atoms. The second kappa shape index (κ2) is 5.84. The molecule has 21 heavy (non-hydrogen) atoms. The molecule has 0 saturated carbocycles. The van der Waals surface area contributed by atoms with Crippen molar-refractivity contribution in [3.05, 3.63) is 58.6 Å². The van der Waals surface area contributed by atoms with Crippen molar-refractivity contribution in [3.8, 4) is 12.1 Å². The fourth-order valence-electron chi connectivity index (χ4n) is 1.58. The van der Waals surface area contributed by atoms with Crippen LogP contribution in [0.2, 0.25) is 5.02 Å². The van der Waals surface area contributed by atoms with Gasteiger partial charge in [0.25, 0.3) is 10.0 Å². The fraction of sp³-hybridized carbons (Fsp3) is 0. The van der Waals surface area contributed by atoms with Crippen molar-refractivity contribution in [3.63, 3.8) is 0 Å². The van der Waals surface area contributed by atoms with E-state index in [9.17, 15) is 8.42 Å². The number of nitriles is 2. The predicted molar refractivity (Wildman–Crippen MR) is 78.1 cm³/mol. The minimum atomic E-state index is -3.81. The lowest BCUT2D eigenvalue weighted by molar-refractivity contribution is 0.601. The Hall–Kier alpha value is -2.54. The minimum absolute atomic E-state index is 0.0157. The number of benzene rings is 2. The maximum atomic E-state index is 12.2. The van der Waals surface area contributed by atoms with Crippen LogP contribution in [0.25, 0.3) is 0 Å². The van der Waals surface area contributed by atoms with Crippen LogP contribution < -0.4 is 4.72 Å². The topological polar surface area (TPSA) is 93.8 Å². The van der Waals surface area contributed by atoms with Crippen molar-refractivity contribution in [1.82, 2.24) is 0 Å². The first-order valence-electron chi connectivity index (χ1n) is 5.69. The fourth-order valence-corrected chi connectivity index (χ4v) is 2.94. The zero-order valence-corrected chi connectivity index (χ0v) is 12.1. The van der Waals surface area contributed by atoms with E-state index in [4.69, 9.17) is 22.1 Å². The van der Waals surface area contributed by atoms with E-state index in [2.05, 4.69) is 4.72 Å². The largest absolute Gasteiger partial charge is 0.278 e. The van der Waals surface area contributed by atoms with E-state index < -0.39 is 10.0 Å². The number of halogens is 1. The van der Waals surface area contributed by atoms with Gasteiger partial charge in [-0.1, -0.05) is 11.6 Å². The average molecular weight is 318 g/mol. The number of rotatable bonds is 3. The van der Waals surface area contributed by atoms with Gasteiger partial charge >= 0.3 is 0 Å². The van der Waals surface area contributed by atoms with Crippen LogP contribution in [0.3, 0.4) is 0 Å². The highest BCUT2D eigenvalue weighted by molar-refractivity contribution is 7.92. The summed E-state index contributed by atoms with van der Waals surface area (Å²) in [5.74, 6) is 0. The van der Waals surface area contributed by atoms with Crippen molar-refractivity contribution in [2.24, 2.45) is 0 Å². The number of hydrogen-bond donors (Lipinski definition) is 1. The minimum Gasteiger partial charge on any atom is -0.278 e. The smallest absolute Gasteiger partial charge is 0.261 e. The molecule has 5 nitrogen and oxygen atoms in total. The molecule has 2 rings (SSSR count). The van der Waals surface area contributed by atoms with Gasteiger partial charge in [0.05, 0.1) is 38.9 Å². The van der Waals surface area contributed by atoms with Crippen molar-refractivity contribution in [2.75, 3.05) is 4.72 Å². The van der Waals surface area contributed by atoms with Gasteiger partial charge < -0.3 is 0 Å². The highest BCUT2D eigenvalue weighted by atomic mass is 35.5. The van der Waals surface area contributed by atoms with Crippen LogP contribution in [0.15, 0.2) is 47.4 Å². The van der Waals surface area contributed by atoms with Crippen LogP contribution in [0.4, 0.5) is 5.69 Å². The third-order valence-electron chi connectivity index (χ3n) is 2.64. The molecule has 0 fully saturated rings. The molecule has 0 aliphatic rings. The molecular weight excluding hydrogens is 310 g/mol. The van der Waals surface area contributed by atoms with Crippen molar-refractivity contribution < 1.29 is 8.42 Å². The molecule has 0 aliphatic carbocycles. The molecule has 0 aromatic heterocycles. The molecule has 0 atom stereocenters. The molecule has 2 aromatic rings. The third-order valence-corrected chi connectivity index (χ3v) is 4.33. The van der Waals surface area contributed by atoms with Crippen LogP contribution in [0.1, 0.15) is 11.1 Å². The van der Waals surface area contributed by atoms with Crippen LogP contribution in [0.5, 0.6) is 0 Å². The molecule has 2 aromatic carbocycles. The summed E-state index contributed by atoms with van der Waals surface area (Å²) in [6, 6.07) is 13.6. The second-order valence-corrected chi connectivity index (χ2v) is 6.14. The number of anilines is 1. The lowest BCUT2D eigenvalue weighted by Crippen LogP contribution is -2.13. The summed E-state index contributed by atoms with van der Waals surface area (Å²) in [7, 11) is -3.81. The van der Waals surface area contributed by atoms with Gasteiger partial charge in [-0.15, -0.1) is 0 Å². The third kappa shape index (κ3) is 3.32. The van der Waals surface area contributed by atoms with Crippen molar-refractivity contribution in [1.29, 1.82) is 10.5 Å². The van der Waals surface area contributed by atoms with Gasteiger partial charge in [0.2, 0.25) is 0 Å². The Labute approximate surface area is 127 Å². The zero-order valence-electron chi connectivity index (χ0n) is 10.5. The lowest BCUT2D eigenvalue weighted by Gasteiger charge is -2.09. The Bertz CT molecular complexity index is 863. The van der Waals surface area contributed by atoms with Crippen molar-refractivity contribution >= 4 is 27.3 Å². The summed E-state index contributed by atoms with van der Waals surface area (Å²) >= 11 is 5.93. The quantitative estimate of drug-likeness (QED) is 0.941. The highest BCUT2D eigenvalue weighted by Gasteiger charge is 2.15. The lowest BCUT2D eigenvalue weighted by atomic mass is 10.2. The number of nitrogens with zero attached hydrogens (tertiary/aromatic N) is 2. The van der Waals surface area contributed by atoms with Crippen molar-refractivity contribution in [2.45, 2.75) is 4.90 Å². The zero-order chi connectivity index (χ0) is 15.5. The van der Waals surface area contributed by atoms with Crippen LogP contribution >= 0.6 is 11.6 Å². The van der Waals surface area contributed by atoms with Gasteiger partial charge in [-0.05, 0) is 42.5 Å². The highest BCUT2D eigenvalue weighted by Crippen LogP contribution is 2.25. The normalized spacial score (nSPS) is 10.4. The molecule has 0 aliphatic heterocycles. The van der Waals surface area contributed by atoms with E-state index in [0.29, 0.717) is 11.1 Å². The average Bonchev–Trinajstić information content (AvgIpc) is 2.49. The molecular formula is C14H8ClN3O2S. The monoisotopic (exact) mass is 317 g/mol. The summed E-state index contributed by atoms with van der Waals surface area (Å²) in [6.07, 6.45) is 0. The van der Waals surface area contributed by atoms with Crippen LogP contribution in [0, 0.1) is 22.7 Å². The Morgan fingerprint density at radius 3 is 2.05 bits per heavy atom. The van der Waals surface area contributed by atoms with Gasteiger partial charge in [0.15, 0.2) is 0 Å². The summed E-state index contributed by atoms with van der Waals surface area (Å²) in [5, 5.41) is 17.6. The molecule has 1 N–H and O–H groups in total.